The Morgan fingerprint density at radius 3 is 2.67 bits per heavy atom. The molecule has 4 heteroatoms. The first kappa shape index (κ1) is 13.6. The zero-order valence-corrected chi connectivity index (χ0v) is 11.5. The second kappa shape index (κ2) is 5.85. The van der Waals surface area contributed by atoms with Crippen molar-refractivity contribution in [3.8, 4) is 0 Å². The first-order chi connectivity index (χ1) is 8.67. The maximum atomic E-state index is 10.5. The number of aliphatic hydroxyl groups is 1. The quantitative estimate of drug-likeness (QED) is 0.840. The van der Waals surface area contributed by atoms with Gasteiger partial charge >= 0.3 is 0 Å². The summed E-state index contributed by atoms with van der Waals surface area (Å²) >= 11 is 0. The van der Waals surface area contributed by atoms with Gasteiger partial charge in [0.1, 0.15) is 0 Å². The Bertz CT molecular complexity index is 365. The topological polar surface area (TPSA) is 50.1 Å². The van der Waals surface area contributed by atoms with Gasteiger partial charge in [-0.15, -0.1) is 0 Å². The van der Waals surface area contributed by atoms with Gasteiger partial charge in [-0.3, -0.25) is 4.68 Å². The second-order valence-electron chi connectivity index (χ2n) is 5.41. The highest BCUT2D eigenvalue weighted by Crippen LogP contribution is 2.23. The van der Waals surface area contributed by atoms with E-state index in [-0.39, 0.29) is 0 Å². The molecule has 1 aliphatic rings. The minimum Gasteiger partial charge on any atom is -0.389 e. The third kappa shape index (κ3) is 3.12. The van der Waals surface area contributed by atoms with E-state index in [1.807, 2.05) is 0 Å². The summed E-state index contributed by atoms with van der Waals surface area (Å²) in [4.78, 5) is 0. The van der Waals surface area contributed by atoms with Gasteiger partial charge in [-0.2, -0.15) is 5.10 Å². The van der Waals surface area contributed by atoms with Crippen LogP contribution in [-0.4, -0.2) is 33.6 Å². The summed E-state index contributed by atoms with van der Waals surface area (Å²) in [5, 5.41) is 18.4. The highest BCUT2D eigenvalue weighted by molar-refractivity contribution is 5.05. The minimum absolute atomic E-state index is 0.487. The van der Waals surface area contributed by atoms with Crippen LogP contribution in [-0.2, 0) is 6.42 Å². The van der Waals surface area contributed by atoms with Crippen molar-refractivity contribution in [2.24, 2.45) is 0 Å². The monoisotopic (exact) mass is 251 g/mol. The van der Waals surface area contributed by atoms with Gasteiger partial charge < -0.3 is 10.4 Å². The maximum Gasteiger partial charge on any atom is 0.0727 e. The molecule has 0 saturated carbocycles. The Morgan fingerprint density at radius 2 is 2.06 bits per heavy atom. The summed E-state index contributed by atoms with van der Waals surface area (Å²) in [5.41, 5.74) is 0.463. The van der Waals surface area contributed by atoms with Crippen LogP contribution in [0.2, 0.25) is 0 Å². The summed E-state index contributed by atoms with van der Waals surface area (Å²) in [6.07, 6.45) is 6.59. The Labute approximate surface area is 109 Å². The second-order valence-corrected chi connectivity index (χ2v) is 5.41. The molecule has 1 aliphatic heterocycles. The Kier molecular flexibility index (Phi) is 4.40. The van der Waals surface area contributed by atoms with Crippen LogP contribution >= 0.6 is 0 Å². The van der Waals surface area contributed by atoms with E-state index in [9.17, 15) is 5.11 Å². The summed E-state index contributed by atoms with van der Waals surface area (Å²) in [6, 6.07) is 2.54. The molecule has 0 aliphatic carbocycles. The molecule has 0 bridgehead atoms. The fourth-order valence-corrected chi connectivity index (χ4v) is 2.74. The van der Waals surface area contributed by atoms with Crippen molar-refractivity contribution >= 4 is 0 Å². The number of hydrogen-bond acceptors (Lipinski definition) is 3. The van der Waals surface area contributed by atoms with E-state index in [2.05, 4.69) is 41.2 Å². The molecular weight excluding hydrogens is 226 g/mol. The molecule has 0 aromatic carbocycles. The zero-order valence-electron chi connectivity index (χ0n) is 11.5. The molecule has 0 unspecified atom stereocenters. The molecule has 1 fully saturated rings. The van der Waals surface area contributed by atoms with E-state index in [1.54, 1.807) is 0 Å². The van der Waals surface area contributed by atoms with E-state index in [4.69, 9.17) is 0 Å². The predicted molar refractivity (Wildman–Crippen MR) is 72.6 cm³/mol. The molecule has 0 amide bonds. The molecule has 2 rings (SSSR count). The van der Waals surface area contributed by atoms with Gasteiger partial charge in [0.15, 0.2) is 0 Å². The summed E-state index contributed by atoms with van der Waals surface area (Å²) in [6.45, 7) is 6.19. The van der Waals surface area contributed by atoms with Gasteiger partial charge in [0.25, 0.3) is 0 Å². The highest BCUT2D eigenvalue weighted by Gasteiger charge is 2.30. The highest BCUT2D eigenvalue weighted by atomic mass is 16.3. The van der Waals surface area contributed by atoms with Crippen molar-refractivity contribution in [3.05, 3.63) is 18.0 Å². The van der Waals surface area contributed by atoms with Gasteiger partial charge in [-0.1, -0.05) is 13.8 Å². The smallest absolute Gasteiger partial charge is 0.0727 e. The fourth-order valence-electron chi connectivity index (χ4n) is 2.74. The molecule has 0 atom stereocenters. The average Bonchev–Trinajstić information content (AvgIpc) is 2.79. The molecule has 2 heterocycles. The van der Waals surface area contributed by atoms with Crippen LogP contribution in [0.15, 0.2) is 12.3 Å². The fraction of sp³-hybridized carbons (Fsp3) is 0.786. The third-order valence-electron chi connectivity index (χ3n) is 4.02. The number of rotatable bonds is 5. The van der Waals surface area contributed by atoms with Crippen molar-refractivity contribution in [3.63, 3.8) is 0 Å². The molecule has 1 aromatic rings. The molecule has 0 spiro atoms. The molecule has 18 heavy (non-hydrogen) atoms. The number of piperidine rings is 1. The lowest BCUT2D eigenvalue weighted by atomic mass is 9.88. The summed E-state index contributed by atoms with van der Waals surface area (Å²) < 4.78 is 2.06. The lowest BCUT2D eigenvalue weighted by molar-refractivity contribution is 0.00985. The molecule has 1 aromatic heterocycles. The lowest BCUT2D eigenvalue weighted by Crippen LogP contribution is -2.43. The Morgan fingerprint density at radius 1 is 1.39 bits per heavy atom. The molecular formula is C14H25N3O. The zero-order chi connectivity index (χ0) is 13.0. The van der Waals surface area contributed by atoms with Crippen molar-refractivity contribution in [2.75, 3.05) is 13.1 Å². The van der Waals surface area contributed by atoms with E-state index >= 15 is 0 Å². The normalized spacial score (nSPS) is 19.3. The number of aromatic nitrogens is 2. The Hall–Kier alpha value is -0.870. The lowest BCUT2D eigenvalue weighted by Gasteiger charge is -2.31. The van der Waals surface area contributed by atoms with Crippen molar-refractivity contribution < 1.29 is 5.11 Å². The van der Waals surface area contributed by atoms with Crippen molar-refractivity contribution in [1.82, 2.24) is 15.1 Å². The molecule has 2 N–H and O–H groups in total. The van der Waals surface area contributed by atoms with Crippen molar-refractivity contribution in [1.29, 1.82) is 0 Å². The van der Waals surface area contributed by atoms with Crippen LogP contribution < -0.4 is 5.32 Å². The van der Waals surface area contributed by atoms with E-state index in [0.29, 0.717) is 12.5 Å². The standard InChI is InChI=1S/C14H25N3O/c1-3-13(4-2)17-10-5-12(16-17)11-14(18)6-8-15-9-7-14/h5,10,13,15,18H,3-4,6-9,11H2,1-2H3. The first-order valence-corrected chi connectivity index (χ1v) is 7.14. The van der Waals surface area contributed by atoms with Gasteiger partial charge in [0.2, 0.25) is 0 Å². The number of nitrogens with zero attached hydrogens (tertiary/aromatic N) is 2. The van der Waals surface area contributed by atoms with E-state index < -0.39 is 5.60 Å². The third-order valence-corrected chi connectivity index (χ3v) is 4.02. The number of nitrogens with one attached hydrogen (secondary N) is 1. The van der Waals surface area contributed by atoms with Crippen molar-refractivity contribution in [2.45, 2.75) is 57.6 Å². The van der Waals surface area contributed by atoms with E-state index in [0.717, 1.165) is 44.5 Å². The van der Waals surface area contributed by atoms with Gasteiger partial charge in [0.05, 0.1) is 17.3 Å². The largest absolute Gasteiger partial charge is 0.389 e. The average molecular weight is 251 g/mol. The number of hydrogen-bond donors (Lipinski definition) is 2. The van der Waals surface area contributed by atoms with Crippen LogP contribution in [0.1, 0.15) is 51.3 Å². The summed E-state index contributed by atoms with van der Waals surface area (Å²) in [7, 11) is 0. The molecule has 0 radical (unpaired) electrons. The van der Waals surface area contributed by atoms with Crippen LogP contribution in [0.5, 0.6) is 0 Å². The molecule has 102 valence electrons. The van der Waals surface area contributed by atoms with Gasteiger partial charge in [0, 0.05) is 12.6 Å². The predicted octanol–water partition coefficient (Wildman–Crippen LogP) is 1.90. The first-order valence-electron chi connectivity index (χ1n) is 7.14. The van der Waals surface area contributed by atoms with E-state index in [1.165, 1.54) is 0 Å². The van der Waals surface area contributed by atoms with Crippen LogP contribution in [0, 0.1) is 0 Å². The minimum atomic E-state index is -0.557. The van der Waals surface area contributed by atoms with Crippen LogP contribution in [0.4, 0.5) is 0 Å². The van der Waals surface area contributed by atoms with Crippen LogP contribution in [0.3, 0.4) is 0 Å². The molecule has 4 nitrogen and oxygen atoms in total. The van der Waals surface area contributed by atoms with Gasteiger partial charge in [-0.25, -0.2) is 0 Å². The maximum absolute atomic E-state index is 10.5. The van der Waals surface area contributed by atoms with Gasteiger partial charge in [-0.05, 0) is 44.8 Å². The Balaban J connectivity index is 2.01. The SMILES string of the molecule is CCC(CC)n1ccc(CC2(O)CCNCC2)n1. The van der Waals surface area contributed by atoms with Crippen LogP contribution in [0.25, 0.3) is 0 Å². The summed E-state index contributed by atoms with van der Waals surface area (Å²) in [5.74, 6) is 0. The molecule has 1 saturated heterocycles.